The van der Waals surface area contributed by atoms with Gasteiger partial charge >= 0.3 is 0 Å². The van der Waals surface area contributed by atoms with Crippen molar-refractivity contribution in [1.82, 2.24) is 20.0 Å². The molecule has 2 fully saturated rings. The van der Waals surface area contributed by atoms with E-state index in [1.165, 1.54) is 25.0 Å². The Balaban J connectivity index is 1.28. The largest absolute Gasteiger partial charge is 0.487 e. The summed E-state index contributed by atoms with van der Waals surface area (Å²) in [6, 6.07) is 7.96. The molecule has 2 aromatic rings. The third-order valence-corrected chi connectivity index (χ3v) is 5.38. The molecule has 3 heterocycles. The number of aromatic amines is 1. The number of hydrogen-bond donors (Lipinski definition) is 1. The number of nitrogens with zero attached hydrogens (tertiary/aromatic N) is 3. The second-order valence-corrected chi connectivity index (χ2v) is 7.37. The van der Waals surface area contributed by atoms with E-state index in [2.05, 4.69) is 15.1 Å². The van der Waals surface area contributed by atoms with Crippen molar-refractivity contribution in [1.29, 1.82) is 0 Å². The zero-order valence-electron chi connectivity index (χ0n) is 15.4. The molecule has 1 aromatic heterocycles. The van der Waals surface area contributed by atoms with Crippen LogP contribution in [0.4, 0.5) is 4.39 Å². The normalized spacial score (nSPS) is 20.3. The lowest BCUT2D eigenvalue weighted by molar-refractivity contribution is -0.131. The molecule has 2 aliphatic heterocycles. The summed E-state index contributed by atoms with van der Waals surface area (Å²) in [5.41, 5.74) is 1.85. The number of benzene rings is 1. The third-order valence-electron chi connectivity index (χ3n) is 5.38. The van der Waals surface area contributed by atoms with E-state index in [1.807, 2.05) is 11.0 Å². The molecule has 0 spiro atoms. The van der Waals surface area contributed by atoms with E-state index in [0.717, 1.165) is 44.0 Å². The van der Waals surface area contributed by atoms with Crippen molar-refractivity contribution < 1.29 is 13.9 Å². The Kier molecular flexibility index (Phi) is 5.38. The van der Waals surface area contributed by atoms with E-state index < -0.39 is 0 Å². The minimum Gasteiger partial charge on any atom is -0.487 e. The summed E-state index contributed by atoms with van der Waals surface area (Å²) in [6.45, 7) is 4.51. The summed E-state index contributed by atoms with van der Waals surface area (Å²) < 4.78 is 18.6. The number of halogens is 1. The maximum atomic E-state index is 12.9. The van der Waals surface area contributed by atoms with Crippen molar-refractivity contribution in [3.05, 3.63) is 47.5 Å². The molecule has 4 rings (SSSR count). The molecule has 1 N–H and O–H groups in total. The Morgan fingerprint density at radius 3 is 2.78 bits per heavy atom. The van der Waals surface area contributed by atoms with Gasteiger partial charge in [0.25, 0.3) is 0 Å². The number of carbonyl (C=O) groups is 1. The second-order valence-electron chi connectivity index (χ2n) is 7.37. The van der Waals surface area contributed by atoms with E-state index in [1.54, 1.807) is 12.1 Å². The Bertz CT molecular complexity index is 771. The zero-order chi connectivity index (χ0) is 18.6. The summed E-state index contributed by atoms with van der Waals surface area (Å²) >= 11 is 0. The molecule has 0 radical (unpaired) electrons. The molecule has 0 saturated carbocycles. The van der Waals surface area contributed by atoms with Crippen molar-refractivity contribution in [3.63, 3.8) is 0 Å². The van der Waals surface area contributed by atoms with Crippen molar-refractivity contribution >= 4 is 5.91 Å². The van der Waals surface area contributed by atoms with Crippen molar-refractivity contribution in [2.75, 3.05) is 32.7 Å². The van der Waals surface area contributed by atoms with Crippen LogP contribution < -0.4 is 4.74 Å². The molecule has 0 aliphatic carbocycles. The van der Waals surface area contributed by atoms with Crippen LogP contribution in [0.15, 0.2) is 30.3 Å². The van der Waals surface area contributed by atoms with E-state index in [-0.39, 0.29) is 17.6 Å². The number of amides is 1. The van der Waals surface area contributed by atoms with Gasteiger partial charge in [0.15, 0.2) is 0 Å². The highest BCUT2D eigenvalue weighted by atomic mass is 19.1. The van der Waals surface area contributed by atoms with Crippen LogP contribution in [0.25, 0.3) is 0 Å². The molecule has 27 heavy (non-hydrogen) atoms. The van der Waals surface area contributed by atoms with Crippen LogP contribution in [0.3, 0.4) is 0 Å². The lowest BCUT2D eigenvalue weighted by Crippen LogP contribution is -2.38. The summed E-state index contributed by atoms with van der Waals surface area (Å²) in [5.74, 6) is 0.835. The molecule has 1 amide bonds. The highest BCUT2D eigenvalue weighted by Crippen LogP contribution is 2.27. The van der Waals surface area contributed by atoms with E-state index in [0.29, 0.717) is 18.9 Å². The van der Waals surface area contributed by atoms with Gasteiger partial charge < -0.3 is 9.64 Å². The fourth-order valence-corrected chi connectivity index (χ4v) is 3.81. The molecular weight excluding hydrogens is 347 g/mol. The van der Waals surface area contributed by atoms with Gasteiger partial charge in [-0.15, -0.1) is 0 Å². The Morgan fingerprint density at radius 2 is 2.00 bits per heavy atom. The van der Waals surface area contributed by atoms with Crippen LogP contribution in [0.1, 0.15) is 36.6 Å². The fraction of sp³-hybridized carbons (Fsp3) is 0.500. The number of nitrogens with one attached hydrogen (secondary N) is 1. The first-order chi connectivity index (χ1) is 13.2. The quantitative estimate of drug-likeness (QED) is 0.847. The smallest absolute Gasteiger partial charge is 0.236 e. The molecule has 0 bridgehead atoms. The van der Waals surface area contributed by atoms with Crippen LogP contribution in [-0.4, -0.2) is 58.6 Å². The Morgan fingerprint density at radius 1 is 1.22 bits per heavy atom. The maximum Gasteiger partial charge on any atom is 0.236 e. The topological polar surface area (TPSA) is 61.5 Å². The minimum absolute atomic E-state index is 0.231. The fourth-order valence-electron chi connectivity index (χ4n) is 3.81. The van der Waals surface area contributed by atoms with Crippen LogP contribution in [0, 0.1) is 5.82 Å². The van der Waals surface area contributed by atoms with Gasteiger partial charge in [-0.2, -0.15) is 5.10 Å². The van der Waals surface area contributed by atoms with Gasteiger partial charge in [-0.3, -0.25) is 14.8 Å². The summed E-state index contributed by atoms with van der Waals surface area (Å²) in [5, 5.41) is 7.41. The van der Waals surface area contributed by atoms with Crippen LogP contribution in [0.2, 0.25) is 0 Å². The van der Waals surface area contributed by atoms with Gasteiger partial charge in [-0.05, 0) is 62.7 Å². The highest BCUT2D eigenvalue weighted by molar-refractivity contribution is 5.78. The Labute approximate surface area is 158 Å². The highest BCUT2D eigenvalue weighted by Gasteiger charge is 2.30. The Hall–Kier alpha value is -2.41. The summed E-state index contributed by atoms with van der Waals surface area (Å²) in [6.07, 6.45) is 3.34. The number of rotatable bonds is 6. The molecule has 1 aromatic carbocycles. The molecule has 0 unspecified atom stereocenters. The standard InChI is InChI=1S/C20H25FN4O2/c21-16-3-5-18(6-4-16)27-14-17-11-19(23-22-17)15-7-10-25(12-15)20(26)13-24-8-1-2-9-24/h3-6,11,15H,1-2,7-10,12-14H2,(H,22,23)/t15-/m1/s1. The average molecular weight is 372 g/mol. The number of hydrogen-bond acceptors (Lipinski definition) is 4. The van der Waals surface area contributed by atoms with E-state index in [4.69, 9.17) is 4.74 Å². The summed E-state index contributed by atoms with van der Waals surface area (Å²) in [7, 11) is 0. The first-order valence-corrected chi connectivity index (χ1v) is 9.60. The number of H-pyrrole nitrogens is 1. The molecule has 1 atom stereocenters. The van der Waals surface area contributed by atoms with Gasteiger partial charge in [0.05, 0.1) is 17.9 Å². The number of ether oxygens (including phenoxy) is 1. The second kappa shape index (κ2) is 8.08. The predicted molar refractivity (Wildman–Crippen MR) is 98.9 cm³/mol. The van der Waals surface area contributed by atoms with Gasteiger partial charge in [0.2, 0.25) is 5.91 Å². The monoisotopic (exact) mass is 372 g/mol. The van der Waals surface area contributed by atoms with E-state index >= 15 is 0 Å². The lowest BCUT2D eigenvalue weighted by Gasteiger charge is -2.20. The van der Waals surface area contributed by atoms with Crippen molar-refractivity contribution in [2.45, 2.75) is 31.8 Å². The number of carbonyl (C=O) groups excluding carboxylic acids is 1. The van der Waals surface area contributed by atoms with Gasteiger partial charge in [-0.1, -0.05) is 0 Å². The van der Waals surface area contributed by atoms with Gasteiger partial charge in [0.1, 0.15) is 18.2 Å². The summed E-state index contributed by atoms with van der Waals surface area (Å²) in [4.78, 5) is 16.7. The van der Waals surface area contributed by atoms with Crippen molar-refractivity contribution in [2.24, 2.45) is 0 Å². The minimum atomic E-state index is -0.281. The lowest BCUT2D eigenvalue weighted by atomic mass is 10.1. The number of likely N-dealkylation sites (tertiary alicyclic amines) is 2. The van der Waals surface area contributed by atoms with Gasteiger partial charge in [0, 0.05) is 19.0 Å². The maximum absolute atomic E-state index is 12.9. The molecule has 6 nitrogen and oxygen atoms in total. The molecule has 2 aliphatic rings. The van der Waals surface area contributed by atoms with Crippen LogP contribution in [0.5, 0.6) is 5.75 Å². The SMILES string of the molecule is O=C(CN1CCCC1)N1CC[C@@H](c2cc(COc3ccc(F)cc3)[nH]n2)C1. The van der Waals surface area contributed by atoms with E-state index in [9.17, 15) is 9.18 Å². The molecular formula is C20H25FN4O2. The van der Waals surface area contributed by atoms with Crippen LogP contribution >= 0.6 is 0 Å². The third kappa shape index (κ3) is 4.47. The molecule has 7 heteroatoms. The first kappa shape index (κ1) is 18.0. The molecule has 2 saturated heterocycles. The average Bonchev–Trinajstić information content (AvgIpc) is 3.42. The number of aromatic nitrogens is 2. The van der Waals surface area contributed by atoms with Gasteiger partial charge in [-0.25, -0.2) is 4.39 Å². The van der Waals surface area contributed by atoms with Crippen molar-refractivity contribution in [3.8, 4) is 5.75 Å². The first-order valence-electron chi connectivity index (χ1n) is 9.60. The zero-order valence-corrected chi connectivity index (χ0v) is 15.4. The van der Waals surface area contributed by atoms with Crippen LogP contribution in [-0.2, 0) is 11.4 Å². The molecule has 144 valence electrons. The predicted octanol–water partition coefficient (Wildman–Crippen LogP) is 2.54.